The first kappa shape index (κ1) is 34.6. The van der Waals surface area contributed by atoms with E-state index in [-0.39, 0.29) is 43.2 Å². The van der Waals surface area contributed by atoms with Crippen LogP contribution in [0.15, 0.2) is 46.8 Å². The number of carbonyl (C=O) groups excluding carboxylic acids is 2. The van der Waals surface area contributed by atoms with Crippen LogP contribution in [0.2, 0.25) is 0 Å². The zero-order valence-corrected chi connectivity index (χ0v) is 26.8. The maximum Gasteiger partial charge on any atom is 0.458 e. The molecule has 3 aliphatic heterocycles. The molecule has 2 amide bonds. The van der Waals surface area contributed by atoms with Crippen molar-refractivity contribution >= 4 is 33.7 Å². The van der Waals surface area contributed by atoms with Gasteiger partial charge in [0.25, 0.3) is 11.8 Å². The maximum absolute atomic E-state index is 13.7. The highest BCUT2D eigenvalue weighted by Gasteiger charge is 2.58. The minimum atomic E-state index is -5.76. The van der Waals surface area contributed by atoms with Gasteiger partial charge in [0.1, 0.15) is 11.4 Å². The van der Waals surface area contributed by atoms with Gasteiger partial charge in [-0.2, -0.15) is 26.3 Å². The predicted molar refractivity (Wildman–Crippen MR) is 164 cm³/mol. The summed E-state index contributed by atoms with van der Waals surface area (Å²) < 4.78 is 93.2. The van der Waals surface area contributed by atoms with Crippen LogP contribution in [0.25, 0.3) is 6.08 Å². The second-order valence-electron chi connectivity index (χ2n) is 12.7. The molecule has 0 aromatic heterocycles. The summed E-state index contributed by atoms with van der Waals surface area (Å²) in [5.74, 6) is -5.70. The number of amides is 2. The number of hydrogen-bond acceptors (Lipinski definition) is 6. The van der Waals surface area contributed by atoms with Gasteiger partial charge in [-0.1, -0.05) is 24.3 Å². The average molecular weight is 683 g/mol. The quantitative estimate of drug-likeness (QED) is 0.430. The Bertz CT molecular complexity index is 1710. The summed E-state index contributed by atoms with van der Waals surface area (Å²) in [5, 5.41) is 13.8. The SMILES string of the molecule is Cc1cc(C(=O)N2CCC(C)(O)CC2)cc(C)c1C=CS(=O)(=O)N1CCC2(CC1)N=C(c1ccc(C(F)(F)C(F)(F)F)cc1)NC2=O. The van der Waals surface area contributed by atoms with Crippen LogP contribution in [0.1, 0.15) is 70.8 Å². The van der Waals surface area contributed by atoms with E-state index in [0.29, 0.717) is 60.3 Å². The number of rotatable bonds is 6. The minimum absolute atomic E-state index is 0.00751. The Morgan fingerprint density at radius 2 is 1.51 bits per heavy atom. The summed E-state index contributed by atoms with van der Waals surface area (Å²) in [6, 6.07) is 6.71. The fraction of sp³-hybridized carbons (Fsp3) is 0.469. The number of benzene rings is 2. The zero-order valence-electron chi connectivity index (χ0n) is 26.0. The Hall–Kier alpha value is -3.69. The third-order valence-electron chi connectivity index (χ3n) is 9.14. The molecule has 2 aromatic carbocycles. The number of sulfonamides is 1. The van der Waals surface area contributed by atoms with Gasteiger partial charge in [-0.15, -0.1) is 0 Å². The molecule has 3 heterocycles. The van der Waals surface area contributed by atoms with Gasteiger partial charge in [0, 0.05) is 48.3 Å². The zero-order chi connectivity index (χ0) is 34.6. The van der Waals surface area contributed by atoms with Crippen LogP contribution in [0.3, 0.4) is 0 Å². The molecule has 47 heavy (non-hydrogen) atoms. The van der Waals surface area contributed by atoms with Gasteiger partial charge in [0.15, 0.2) is 0 Å². The molecular weight excluding hydrogens is 647 g/mol. The molecule has 5 rings (SSSR count). The Balaban J connectivity index is 1.25. The van der Waals surface area contributed by atoms with Gasteiger partial charge in [0.05, 0.1) is 5.60 Å². The lowest BCUT2D eigenvalue weighted by molar-refractivity contribution is -0.289. The first-order valence-electron chi connectivity index (χ1n) is 15.0. The molecule has 0 radical (unpaired) electrons. The fourth-order valence-corrected chi connectivity index (χ4v) is 7.25. The van der Waals surface area contributed by atoms with Crippen molar-refractivity contribution in [3.63, 3.8) is 0 Å². The molecule has 2 saturated heterocycles. The largest absolute Gasteiger partial charge is 0.458 e. The Morgan fingerprint density at radius 3 is 2.04 bits per heavy atom. The second kappa shape index (κ2) is 12.1. The number of piperidine rings is 2. The number of carbonyl (C=O) groups is 2. The van der Waals surface area contributed by atoms with E-state index in [1.807, 2.05) is 0 Å². The number of hydrogen-bond donors (Lipinski definition) is 2. The van der Waals surface area contributed by atoms with Crippen LogP contribution in [-0.4, -0.2) is 83.9 Å². The van der Waals surface area contributed by atoms with Crippen molar-refractivity contribution in [3.8, 4) is 0 Å². The molecule has 1 spiro atoms. The number of nitrogens with one attached hydrogen (secondary N) is 1. The number of amidine groups is 1. The average Bonchev–Trinajstić information content (AvgIpc) is 3.30. The fourth-order valence-electron chi connectivity index (χ4n) is 6.08. The molecule has 2 fully saturated rings. The lowest BCUT2D eigenvalue weighted by atomic mass is 9.89. The molecule has 0 saturated carbocycles. The Morgan fingerprint density at radius 1 is 0.957 bits per heavy atom. The van der Waals surface area contributed by atoms with Crippen molar-refractivity contribution in [3.05, 3.63) is 75.2 Å². The molecule has 0 bridgehead atoms. The van der Waals surface area contributed by atoms with E-state index in [0.717, 1.165) is 17.5 Å². The lowest BCUT2D eigenvalue weighted by Crippen LogP contribution is -2.50. The molecule has 0 aliphatic carbocycles. The molecule has 2 aromatic rings. The smallest absolute Gasteiger partial charge is 0.390 e. The number of nitrogens with zero attached hydrogens (tertiary/aromatic N) is 3. The maximum atomic E-state index is 13.7. The number of aryl methyl sites for hydroxylation is 2. The topological polar surface area (TPSA) is 119 Å². The summed E-state index contributed by atoms with van der Waals surface area (Å²) in [7, 11) is -3.92. The molecule has 254 valence electrons. The molecule has 0 unspecified atom stereocenters. The van der Waals surface area contributed by atoms with Gasteiger partial charge in [0.2, 0.25) is 10.0 Å². The summed E-state index contributed by atoms with van der Waals surface area (Å²) in [6.07, 6.45) is -3.27. The number of aliphatic imine (C=N–C) groups is 1. The van der Waals surface area contributed by atoms with Crippen LogP contribution < -0.4 is 5.32 Å². The van der Waals surface area contributed by atoms with Crippen molar-refractivity contribution in [2.24, 2.45) is 4.99 Å². The van der Waals surface area contributed by atoms with Crippen molar-refractivity contribution in [1.82, 2.24) is 14.5 Å². The summed E-state index contributed by atoms with van der Waals surface area (Å²) in [5.41, 5.74) is -0.668. The van der Waals surface area contributed by atoms with E-state index >= 15 is 0 Å². The molecular formula is C32H35F5N4O5S. The van der Waals surface area contributed by atoms with Crippen LogP contribution in [-0.2, 0) is 20.7 Å². The Kier molecular flexibility index (Phi) is 8.90. The number of aliphatic hydroxyl groups is 1. The van der Waals surface area contributed by atoms with E-state index in [9.17, 15) is 45.1 Å². The van der Waals surface area contributed by atoms with E-state index in [2.05, 4.69) is 10.3 Å². The highest BCUT2D eigenvalue weighted by atomic mass is 32.2. The first-order chi connectivity index (χ1) is 21.7. The van der Waals surface area contributed by atoms with E-state index in [1.54, 1.807) is 37.8 Å². The van der Waals surface area contributed by atoms with Gasteiger partial charge in [-0.3, -0.25) is 14.6 Å². The molecule has 3 aliphatic rings. The monoisotopic (exact) mass is 682 g/mol. The number of halogens is 5. The van der Waals surface area contributed by atoms with Gasteiger partial charge < -0.3 is 15.3 Å². The first-order valence-corrected chi connectivity index (χ1v) is 16.5. The highest BCUT2D eigenvalue weighted by Crippen LogP contribution is 2.44. The van der Waals surface area contributed by atoms with Crippen molar-refractivity contribution < 1.29 is 45.1 Å². The van der Waals surface area contributed by atoms with Crippen LogP contribution >= 0.6 is 0 Å². The molecule has 2 N–H and O–H groups in total. The Labute approximate surface area is 269 Å². The highest BCUT2D eigenvalue weighted by molar-refractivity contribution is 7.92. The van der Waals surface area contributed by atoms with Crippen LogP contribution in [0, 0.1) is 13.8 Å². The minimum Gasteiger partial charge on any atom is -0.390 e. The number of likely N-dealkylation sites (tertiary alicyclic amines) is 1. The van der Waals surface area contributed by atoms with E-state index in [1.165, 1.54) is 10.4 Å². The molecule has 0 atom stereocenters. The second-order valence-corrected chi connectivity index (χ2v) is 14.5. The van der Waals surface area contributed by atoms with Gasteiger partial charge in [-0.25, -0.2) is 8.42 Å². The van der Waals surface area contributed by atoms with Crippen LogP contribution in [0.4, 0.5) is 22.0 Å². The third-order valence-corrected chi connectivity index (χ3v) is 10.7. The summed E-state index contributed by atoms with van der Waals surface area (Å²) in [6.45, 7) is 6.12. The predicted octanol–water partition coefficient (Wildman–Crippen LogP) is 4.66. The van der Waals surface area contributed by atoms with Gasteiger partial charge in [-0.05, 0) is 81.4 Å². The summed E-state index contributed by atoms with van der Waals surface area (Å²) in [4.78, 5) is 32.1. The van der Waals surface area contributed by atoms with Crippen molar-refractivity contribution in [2.75, 3.05) is 26.2 Å². The van der Waals surface area contributed by atoms with E-state index < -0.39 is 44.7 Å². The third kappa shape index (κ3) is 6.83. The molecule has 9 nitrogen and oxygen atoms in total. The number of alkyl halides is 5. The van der Waals surface area contributed by atoms with E-state index in [4.69, 9.17) is 0 Å². The van der Waals surface area contributed by atoms with Crippen molar-refractivity contribution in [2.45, 2.75) is 69.7 Å². The molecule has 15 heteroatoms. The normalized spacial score (nSPS) is 20.5. The van der Waals surface area contributed by atoms with Crippen molar-refractivity contribution in [1.29, 1.82) is 0 Å². The van der Waals surface area contributed by atoms with Gasteiger partial charge >= 0.3 is 12.1 Å². The standard InChI is InChI=1S/C32H35F5N4O5S/c1-20-18-23(27(42)40-13-9-29(3,44)10-14-40)19-21(2)25(20)8-17-47(45,46)41-15-11-30(12-16-41)28(43)38-26(39-30)22-4-6-24(7-5-22)31(33,34)32(35,36)37/h4-8,17-19,44H,9-16H2,1-3H3,(H,38,39,43). The lowest BCUT2D eigenvalue weighted by Gasteiger charge is -2.36. The summed E-state index contributed by atoms with van der Waals surface area (Å²) >= 11 is 0. The van der Waals surface area contributed by atoms with Crippen LogP contribution in [0.5, 0.6) is 0 Å².